The van der Waals surface area contributed by atoms with Crippen LogP contribution in [0, 0.1) is 6.92 Å². The molecular formula is C14H17N3OS. The van der Waals surface area contributed by atoms with Crippen LogP contribution in [0.25, 0.3) is 5.65 Å². The molecule has 0 saturated heterocycles. The van der Waals surface area contributed by atoms with E-state index >= 15 is 0 Å². The molecule has 2 aromatic heterocycles. The molecular weight excluding hydrogens is 258 g/mol. The Morgan fingerprint density at radius 3 is 2.95 bits per heavy atom. The number of rotatable bonds is 3. The summed E-state index contributed by atoms with van der Waals surface area (Å²) in [6.45, 7) is 1.96. The van der Waals surface area contributed by atoms with Gasteiger partial charge in [0.15, 0.2) is 0 Å². The average Bonchev–Trinajstić information content (AvgIpc) is 2.67. The van der Waals surface area contributed by atoms with E-state index in [1.165, 1.54) is 0 Å². The van der Waals surface area contributed by atoms with Gasteiger partial charge in [0.25, 0.3) is 0 Å². The third kappa shape index (κ3) is 2.12. The number of thioether (sulfide) groups is 1. The smallest absolute Gasteiger partial charge is 0.240 e. The highest BCUT2D eigenvalue weighted by molar-refractivity contribution is 8.00. The highest BCUT2D eigenvalue weighted by Crippen LogP contribution is 2.43. The van der Waals surface area contributed by atoms with Crippen molar-refractivity contribution in [2.24, 2.45) is 0 Å². The lowest BCUT2D eigenvalue weighted by atomic mass is 9.83. The summed E-state index contributed by atoms with van der Waals surface area (Å²) < 4.78 is 1.75. The zero-order valence-electron chi connectivity index (χ0n) is 11.1. The number of aromatic nitrogens is 2. The molecule has 1 aliphatic rings. The van der Waals surface area contributed by atoms with Crippen LogP contribution in [0.5, 0.6) is 0 Å². The fourth-order valence-electron chi connectivity index (χ4n) is 2.45. The van der Waals surface area contributed by atoms with Gasteiger partial charge in [0.2, 0.25) is 5.91 Å². The number of pyridine rings is 1. The van der Waals surface area contributed by atoms with E-state index in [2.05, 4.69) is 10.3 Å². The third-order valence-electron chi connectivity index (χ3n) is 3.80. The summed E-state index contributed by atoms with van der Waals surface area (Å²) in [5.41, 5.74) is 2.66. The van der Waals surface area contributed by atoms with Crippen LogP contribution in [-0.2, 0) is 4.79 Å². The Bertz CT molecular complexity index is 625. The van der Waals surface area contributed by atoms with Gasteiger partial charge in [-0.3, -0.25) is 4.79 Å². The number of imidazole rings is 1. The number of anilines is 1. The first-order valence-electron chi connectivity index (χ1n) is 6.45. The van der Waals surface area contributed by atoms with Crippen LogP contribution in [0.3, 0.4) is 0 Å². The largest absolute Gasteiger partial charge is 0.325 e. The predicted molar refractivity (Wildman–Crippen MR) is 78.7 cm³/mol. The van der Waals surface area contributed by atoms with Crippen molar-refractivity contribution in [2.75, 3.05) is 11.6 Å². The number of amides is 1. The topological polar surface area (TPSA) is 46.4 Å². The quantitative estimate of drug-likeness (QED) is 0.937. The van der Waals surface area contributed by atoms with Gasteiger partial charge in [-0.2, -0.15) is 0 Å². The Morgan fingerprint density at radius 1 is 1.53 bits per heavy atom. The maximum Gasteiger partial charge on any atom is 0.240 e. The summed E-state index contributed by atoms with van der Waals surface area (Å²) in [5.74, 6) is 0.124. The van der Waals surface area contributed by atoms with Gasteiger partial charge in [0.05, 0.1) is 10.4 Å². The molecule has 3 rings (SSSR count). The van der Waals surface area contributed by atoms with Crippen LogP contribution >= 0.6 is 11.8 Å². The van der Waals surface area contributed by atoms with Crippen molar-refractivity contribution in [3.05, 3.63) is 30.2 Å². The summed E-state index contributed by atoms with van der Waals surface area (Å²) in [7, 11) is 0. The predicted octanol–water partition coefficient (Wildman–Crippen LogP) is 2.87. The summed E-state index contributed by atoms with van der Waals surface area (Å²) in [4.78, 5) is 16.7. The molecule has 0 aromatic carbocycles. The zero-order valence-corrected chi connectivity index (χ0v) is 12.0. The first-order chi connectivity index (χ1) is 9.13. The molecule has 1 aliphatic carbocycles. The molecule has 2 heterocycles. The molecule has 0 aliphatic heterocycles. The summed E-state index contributed by atoms with van der Waals surface area (Å²) in [6, 6.07) is 3.83. The number of aryl methyl sites for hydroxylation is 1. The van der Waals surface area contributed by atoms with Gasteiger partial charge in [0, 0.05) is 24.1 Å². The molecule has 0 radical (unpaired) electrons. The Morgan fingerprint density at radius 2 is 2.32 bits per heavy atom. The van der Waals surface area contributed by atoms with Gasteiger partial charge >= 0.3 is 0 Å². The molecule has 1 fully saturated rings. The van der Waals surface area contributed by atoms with Crippen molar-refractivity contribution in [1.29, 1.82) is 0 Å². The molecule has 2 aromatic rings. The van der Waals surface area contributed by atoms with Crippen LogP contribution < -0.4 is 5.32 Å². The number of carbonyl (C=O) groups excluding carboxylic acids is 1. The maximum atomic E-state index is 12.3. The second-order valence-electron chi connectivity index (χ2n) is 5.07. The number of carbonyl (C=O) groups is 1. The van der Waals surface area contributed by atoms with E-state index in [0.717, 1.165) is 36.3 Å². The summed E-state index contributed by atoms with van der Waals surface area (Å²) in [6.07, 6.45) is 9.01. The molecule has 19 heavy (non-hydrogen) atoms. The van der Waals surface area contributed by atoms with Gasteiger partial charge in [-0.15, -0.1) is 11.8 Å². The summed E-state index contributed by atoms with van der Waals surface area (Å²) >= 11 is 1.66. The lowest BCUT2D eigenvalue weighted by Gasteiger charge is -2.38. The van der Waals surface area contributed by atoms with Crippen LogP contribution in [0.4, 0.5) is 5.69 Å². The van der Waals surface area contributed by atoms with E-state index in [0.29, 0.717) is 0 Å². The Kier molecular flexibility index (Phi) is 3.01. The number of hydrogen-bond donors (Lipinski definition) is 1. The van der Waals surface area contributed by atoms with Crippen molar-refractivity contribution in [1.82, 2.24) is 9.38 Å². The molecule has 100 valence electrons. The van der Waals surface area contributed by atoms with E-state index in [-0.39, 0.29) is 10.7 Å². The minimum Gasteiger partial charge on any atom is -0.325 e. The SMILES string of the molecule is CSC1(C(=O)Nc2ccn3cc(C)nc3c2)CCC1. The number of fused-ring (bicyclic) bond motifs is 1. The van der Waals surface area contributed by atoms with Crippen molar-refractivity contribution in [3.63, 3.8) is 0 Å². The molecule has 1 amide bonds. The molecule has 0 bridgehead atoms. The van der Waals surface area contributed by atoms with E-state index in [1.54, 1.807) is 11.8 Å². The lowest BCUT2D eigenvalue weighted by Crippen LogP contribution is -2.45. The van der Waals surface area contributed by atoms with Crippen LogP contribution in [0.1, 0.15) is 25.0 Å². The van der Waals surface area contributed by atoms with E-state index in [4.69, 9.17) is 0 Å². The monoisotopic (exact) mass is 275 g/mol. The first-order valence-corrected chi connectivity index (χ1v) is 7.67. The Balaban J connectivity index is 1.82. The fraction of sp³-hybridized carbons (Fsp3) is 0.429. The van der Waals surface area contributed by atoms with E-state index < -0.39 is 0 Å². The maximum absolute atomic E-state index is 12.3. The second kappa shape index (κ2) is 4.56. The molecule has 4 nitrogen and oxygen atoms in total. The normalized spacial score (nSPS) is 17.2. The van der Waals surface area contributed by atoms with Crippen molar-refractivity contribution in [2.45, 2.75) is 30.9 Å². The standard InChI is InChI=1S/C14H17N3OS/c1-10-9-17-7-4-11(8-12(17)15-10)16-13(18)14(19-2)5-3-6-14/h4,7-9H,3,5-6H2,1-2H3,(H,16,18). The summed E-state index contributed by atoms with van der Waals surface area (Å²) in [5, 5.41) is 3.02. The molecule has 1 N–H and O–H groups in total. The van der Waals surface area contributed by atoms with Gasteiger partial charge in [-0.05, 0) is 38.5 Å². The van der Waals surface area contributed by atoms with Crippen LogP contribution in [-0.4, -0.2) is 26.3 Å². The number of hydrogen-bond acceptors (Lipinski definition) is 3. The number of nitrogens with one attached hydrogen (secondary N) is 1. The lowest BCUT2D eigenvalue weighted by molar-refractivity contribution is -0.120. The van der Waals surface area contributed by atoms with Gasteiger partial charge in [0.1, 0.15) is 5.65 Å². The molecule has 0 atom stereocenters. The minimum atomic E-state index is -0.211. The van der Waals surface area contributed by atoms with E-state index in [9.17, 15) is 4.79 Å². The molecule has 1 saturated carbocycles. The van der Waals surface area contributed by atoms with Crippen molar-refractivity contribution >= 4 is 29.0 Å². The highest BCUT2D eigenvalue weighted by atomic mass is 32.2. The Hall–Kier alpha value is -1.49. The minimum absolute atomic E-state index is 0.124. The second-order valence-corrected chi connectivity index (χ2v) is 6.26. The van der Waals surface area contributed by atoms with Crippen molar-refractivity contribution in [3.8, 4) is 0 Å². The molecule has 5 heteroatoms. The van der Waals surface area contributed by atoms with Crippen LogP contribution in [0.15, 0.2) is 24.5 Å². The van der Waals surface area contributed by atoms with Crippen LogP contribution in [0.2, 0.25) is 0 Å². The highest BCUT2D eigenvalue weighted by Gasteiger charge is 2.43. The Labute approximate surface area is 116 Å². The van der Waals surface area contributed by atoms with Crippen molar-refractivity contribution < 1.29 is 4.79 Å². The molecule has 0 spiro atoms. The molecule has 0 unspecified atom stereocenters. The first kappa shape index (κ1) is 12.5. The number of nitrogens with zero attached hydrogens (tertiary/aromatic N) is 2. The fourth-order valence-corrected chi connectivity index (χ4v) is 3.39. The van der Waals surface area contributed by atoms with Gasteiger partial charge < -0.3 is 9.72 Å². The average molecular weight is 275 g/mol. The van der Waals surface area contributed by atoms with E-state index in [1.807, 2.05) is 42.1 Å². The third-order valence-corrected chi connectivity index (χ3v) is 5.18. The van der Waals surface area contributed by atoms with Gasteiger partial charge in [-0.1, -0.05) is 0 Å². The zero-order chi connectivity index (χ0) is 13.5. The van der Waals surface area contributed by atoms with Gasteiger partial charge in [-0.25, -0.2) is 4.98 Å².